The molecule has 0 spiro atoms. The summed E-state index contributed by atoms with van der Waals surface area (Å²) >= 11 is 0. The number of hydrogen-bond donors (Lipinski definition) is 1. The van der Waals surface area contributed by atoms with E-state index in [4.69, 9.17) is 4.74 Å². The van der Waals surface area contributed by atoms with Crippen molar-refractivity contribution in [2.75, 3.05) is 19.7 Å². The van der Waals surface area contributed by atoms with E-state index in [9.17, 15) is 0 Å². The molecule has 1 aliphatic heterocycles. The highest BCUT2D eigenvalue weighted by atomic mass is 16.5. The highest BCUT2D eigenvalue weighted by molar-refractivity contribution is 5.33. The highest BCUT2D eigenvalue weighted by Crippen LogP contribution is 2.18. The zero-order chi connectivity index (χ0) is 10.7. The number of rotatable bonds is 3. The molecule has 0 radical (unpaired) electrons. The summed E-state index contributed by atoms with van der Waals surface area (Å²) in [5.41, 5.74) is 2.63. The standard InChI is InChI=1S/C13H19NO/c1-10-3-4-13(7-11(10)2)15-9-12-5-6-14-8-12/h3-4,7,12,14H,5-6,8-9H2,1-2H3/t12-/m0/s1. The monoisotopic (exact) mass is 205 g/mol. The predicted octanol–water partition coefficient (Wildman–Crippen LogP) is 2.29. The molecule has 1 aromatic rings. The van der Waals surface area contributed by atoms with Gasteiger partial charge in [0.05, 0.1) is 6.61 Å². The SMILES string of the molecule is Cc1ccc(OC[C@H]2CCNC2)cc1C. The topological polar surface area (TPSA) is 21.3 Å². The van der Waals surface area contributed by atoms with Crippen LogP contribution in [0.25, 0.3) is 0 Å². The first-order valence-electron chi connectivity index (χ1n) is 5.66. The molecular formula is C13H19NO. The first kappa shape index (κ1) is 10.5. The summed E-state index contributed by atoms with van der Waals surface area (Å²) in [5, 5.41) is 3.35. The van der Waals surface area contributed by atoms with Crippen LogP contribution in [0.2, 0.25) is 0 Å². The van der Waals surface area contributed by atoms with Gasteiger partial charge in [-0.05, 0) is 50.1 Å². The van der Waals surface area contributed by atoms with Crippen LogP contribution in [0, 0.1) is 19.8 Å². The molecule has 0 bridgehead atoms. The fourth-order valence-corrected chi connectivity index (χ4v) is 1.87. The smallest absolute Gasteiger partial charge is 0.119 e. The van der Waals surface area contributed by atoms with Gasteiger partial charge in [0.2, 0.25) is 0 Å². The van der Waals surface area contributed by atoms with E-state index in [-0.39, 0.29) is 0 Å². The van der Waals surface area contributed by atoms with E-state index in [0.717, 1.165) is 25.4 Å². The maximum atomic E-state index is 5.79. The molecule has 15 heavy (non-hydrogen) atoms. The molecular weight excluding hydrogens is 186 g/mol. The summed E-state index contributed by atoms with van der Waals surface area (Å²) in [5.74, 6) is 1.69. The normalized spacial score (nSPS) is 20.5. The molecule has 0 aliphatic carbocycles. The third kappa shape index (κ3) is 2.72. The third-order valence-electron chi connectivity index (χ3n) is 3.13. The largest absolute Gasteiger partial charge is 0.493 e. The van der Waals surface area contributed by atoms with Gasteiger partial charge < -0.3 is 10.1 Å². The molecule has 0 aromatic heterocycles. The van der Waals surface area contributed by atoms with Crippen molar-refractivity contribution in [3.63, 3.8) is 0 Å². The zero-order valence-corrected chi connectivity index (χ0v) is 9.55. The van der Waals surface area contributed by atoms with Crippen LogP contribution in [-0.2, 0) is 0 Å². The Kier molecular flexibility index (Phi) is 3.27. The van der Waals surface area contributed by atoms with Crippen molar-refractivity contribution >= 4 is 0 Å². The minimum absolute atomic E-state index is 0.687. The molecule has 1 fully saturated rings. The average molecular weight is 205 g/mol. The van der Waals surface area contributed by atoms with Gasteiger partial charge in [0.25, 0.3) is 0 Å². The number of nitrogens with one attached hydrogen (secondary N) is 1. The van der Waals surface area contributed by atoms with Gasteiger partial charge in [-0.1, -0.05) is 6.07 Å². The van der Waals surface area contributed by atoms with E-state index in [1.165, 1.54) is 17.5 Å². The Hall–Kier alpha value is -1.02. The molecule has 2 nitrogen and oxygen atoms in total. The molecule has 1 saturated heterocycles. The molecule has 0 amide bonds. The van der Waals surface area contributed by atoms with Crippen molar-refractivity contribution in [1.82, 2.24) is 5.32 Å². The summed E-state index contributed by atoms with van der Waals surface area (Å²) in [4.78, 5) is 0. The summed E-state index contributed by atoms with van der Waals surface area (Å²) in [6, 6.07) is 6.31. The average Bonchev–Trinajstić information content (AvgIpc) is 2.73. The van der Waals surface area contributed by atoms with Crippen molar-refractivity contribution in [3.05, 3.63) is 29.3 Å². The summed E-state index contributed by atoms with van der Waals surface area (Å²) < 4.78 is 5.79. The van der Waals surface area contributed by atoms with Gasteiger partial charge >= 0.3 is 0 Å². The van der Waals surface area contributed by atoms with Gasteiger partial charge in [0.1, 0.15) is 5.75 Å². The van der Waals surface area contributed by atoms with E-state index in [1.807, 2.05) is 0 Å². The van der Waals surface area contributed by atoms with Gasteiger partial charge in [0.15, 0.2) is 0 Å². The van der Waals surface area contributed by atoms with Gasteiger partial charge in [-0.2, -0.15) is 0 Å². The van der Waals surface area contributed by atoms with E-state index < -0.39 is 0 Å². The van der Waals surface area contributed by atoms with Gasteiger partial charge in [-0.25, -0.2) is 0 Å². The molecule has 1 aromatic carbocycles. The molecule has 2 heteroatoms. The third-order valence-corrected chi connectivity index (χ3v) is 3.13. The first-order valence-corrected chi connectivity index (χ1v) is 5.66. The molecule has 1 aliphatic rings. The van der Waals surface area contributed by atoms with Crippen LogP contribution in [0.1, 0.15) is 17.5 Å². The lowest BCUT2D eigenvalue weighted by atomic mass is 10.1. The predicted molar refractivity (Wildman–Crippen MR) is 62.4 cm³/mol. The van der Waals surface area contributed by atoms with Crippen molar-refractivity contribution < 1.29 is 4.74 Å². The molecule has 0 unspecified atom stereocenters. The lowest BCUT2D eigenvalue weighted by molar-refractivity contribution is 0.260. The maximum Gasteiger partial charge on any atom is 0.119 e. The fraction of sp³-hybridized carbons (Fsp3) is 0.538. The molecule has 0 saturated carbocycles. The number of ether oxygens (including phenoxy) is 1. The second-order valence-corrected chi connectivity index (χ2v) is 4.42. The number of aryl methyl sites for hydroxylation is 2. The van der Waals surface area contributed by atoms with Crippen molar-refractivity contribution in [1.29, 1.82) is 0 Å². The Bertz CT molecular complexity index is 329. The molecule has 1 N–H and O–H groups in total. The van der Waals surface area contributed by atoms with E-state index >= 15 is 0 Å². The lowest BCUT2D eigenvalue weighted by Gasteiger charge is -2.11. The van der Waals surface area contributed by atoms with Crippen LogP contribution >= 0.6 is 0 Å². The second-order valence-electron chi connectivity index (χ2n) is 4.42. The van der Waals surface area contributed by atoms with Crippen LogP contribution in [0.4, 0.5) is 0 Å². The molecule has 2 rings (SSSR count). The Morgan fingerprint density at radius 3 is 2.87 bits per heavy atom. The summed E-state index contributed by atoms with van der Waals surface area (Å²) in [6.45, 7) is 7.33. The van der Waals surface area contributed by atoms with E-state index in [0.29, 0.717) is 5.92 Å². The quantitative estimate of drug-likeness (QED) is 0.817. The molecule has 1 atom stereocenters. The Labute approximate surface area is 91.6 Å². The molecule has 82 valence electrons. The number of benzene rings is 1. The van der Waals surface area contributed by atoms with E-state index in [2.05, 4.69) is 37.4 Å². The Balaban J connectivity index is 1.90. The maximum absolute atomic E-state index is 5.79. The Morgan fingerprint density at radius 1 is 1.33 bits per heavy atom. The van der Waals surface area contributed by atoms with Gasteiger partial charge in [-0.3, -0.25) is 0 Å². The fourth-order valence-electron chi connectivity index (χ4n) is 1.87. The van der Waals surface area contributed by atoms with Crippen molar-refractivity contribution in [2.45, 2.75) is 20.3 Å². The summed E-state index contributed by atoms with van der Waals surface area (Å²) in [7, 11) is 0. The van der Waals surface area contributed by atoms with Crippen LogP contribution in [0.5, 0.6) is 5.75 Å². The minimum atomic E-state index is 0.687. The second kappa shape index (κ2) is 4.67. The lowest BCUT2D eigenvalue weighted by Crippen LogP contribution is -2.15. The van der Waals surface area contributed by atoms with Crippen LogP contribution in [0.3, 0.4) is 0 Å². The van der Waals surface area contributed by atoms with E-state index in [1.54, 1.807) is 0 Å². The van der Waals surface area contributed by atoms with Crippen LogP contribution in [-0.4, -0.2) is 19.7 Å². The zero-order valence-electron chi connectivity index (χ0n) is 9.55. The summed E-state index contributed by atoms with van der Waals surface area (Å²) in [6.07, 6.45) is 1.24. The van der Waals surface area contributed by atoms with Gasteiger partial charge in [0, 0.05) is 12.5 Å². The van der Waals surface area contributed by atoms with Crippen molar-refractivity contribution in [2.24, 2.45) is 5.92 Å². The van der Waals surface area contributed by atoms with Crippen molar-refractivity contribution in [3.8, 4) is 5.75 Å². The minimum Gasteiger partial charge on any atom is -0.493 e. The molecule has 1 heterocycles. The van der Waals surface area contributed by atoms with Crippen LogP contribution in [0.15, 0.2) is 18.2 Å². The first-order chi connectivity index (χ1) is 7.25. The highest BCUT2D eigenvalue weighted by Gasteiger charge is 2.14. The number of hydrogen-bond acceptors (Lipinski definition) is 2. The van der Waals surface area contributed by atoms with Crippen LogP contribution < -0.4 is 10.1 Å². The van der Waals surface area contributed by atoms with Gasteiger partial charge in [-0.15, -0.1) is 0 Å². The Morgan fingerprint density at radius 2 is 2.20 bits per heavy atom.